The fraction of sp³-hybridized carbons (Fsp3) is 0.872. The maximum Gasteiger partial charge on any atom is 0.169 e. The van der Waals surface area contributed by atoms with Gasteiger partial charge in [-0.05, 0) is 24.8 Å². The molecule has 1 nitrogen and oxygen atoms in total. The second-order valence-corrected chi connectivity index (χ2v) is 13.1. The highest BCUT2D eigenvalue weighted by atomic mass is 14.9. The number of aryl methyl sites for hydroxylation is 2. The van der Waals surface area contributed by atoms with Gasteiger partial charge in [-0.3, -0.25) is 0 Å². The van der Waals surface area contributed by atoms with Crippen molar-refractivity contribution in [2.45, 2.75) is 219 Å². The fourth-order valence-electron chi connectivity index (χ4n) is 6.17. The van der Waals surface area contributed by atoms with Crippen molar-refractivity contribution in [1.29, 1.82) is 0 Å². The molecule has 0 aliphatic rings. The maximum absolute atomic E-state index is 2.40. The van der Waals surface area contributed by atoms with Gasteiger partial charge >= 0.3 is 0 Å². The first-order chi connectivity index (χ1) is 19.9. The van der Waals surface area contributed by atoms with Gasteiger partial charge in [0.2, 0.25) is 0 Å². The molecular formula is C39H74N+. The molecular weight excluding hydrogens is 482 g/mol. The average molecular weight is 557 g/mol. The van der Waals surface area contributed by atoms with E-state index in [4.69, 9.17) is 0 Å². The molecule has 0 aliphatic carbocycles. The maximum atomic E-state index is 2.40. The molecule has 0 unspecified atom stereocenters. The van der Waals surface area contributed by atoms with Crippen LogP contribution in [0.25, 0.3) is 0 Å². The monoisotopic (exact) mass is 557 g/mol. The molecule has 234 valence electrons. The van der Waals surface area contributed by atoms with Crippen molar-refractivity contribution in [3.8, 4) is 0 Å². The quantitative estimate of drug-likeness (QED) is 0.0613. The number of hydrogen-bond acceptors (Lipinski definition) is 0. The highest BCUT2D eigenvalue weighted by molar-refractivity contribution is 5.07. The molecule has 0 amide bonds. The van der Waals surface area contributed by atoms with Gasteiger partial charge in [0, 0.05) is 18.6 Å². The van der Waals surface area contributed by atoms with Crippen molar-refractivity contribution < 1.29 is 4.57 Å². The Balaban J connectivity index is 1.81. The van der Waals surface area contributed by atoms with E-state index < -0.39 is 0 Å². The van der Waals surface area contributed by atoms with Crippen LogP contribution in [0.3, 0.4) is 0 Å². The van der Waals surface area contributed by atoms with E-state index >= 15 is 0 Å². The Morgan fingerprint density at radius 1 is 0.350 bits per heavy atom. The molecule has 0 N–H and O–H groups in total. The van der Waals surface area contributed by atoms with Gasteiger partial charge in [-0.1, -0.05) is 187 Å². The molecule has 0 fully saturated rings. The minimum atomic E-state index is 1.19. The number of unbranched alkanes of at least 4 members (excludes halogenated alkanes) is 28. The highest BCUT2D eigenvalue weighted by Crippen LogP contribution is 2.15. The van der Waals surface area contributed by atoms with Crippen LogP contribution < -0.4 is 4.57 Å². The molecule has 0 atom stereocenters. The van der Waals surface area contributed by atoms with Gasteiger partial charge in [-0.15, -0.1) is 0 Å². The third-order valence-electron chi connectivity index (χ3n) is 9.05. The predicted octanol–water partition coefficient (Wildman–Crippen LogP) is 13.3. The number of hydrogen-bond donors (Lipinski definition) is 0. The van der Waals surface area contributed by atoms with Gasteiger partial charge in [0.05, 0.1) is 0 Å². The second kappa shape index (κ2) is 31.1. The molecule has 0 radical (unpaired) electrons. The number of aromatic nitrogens is 1. The molecule has 1 rings (SSSR count). The van der Waals surface area contributed by atoms with Gasteiger partial charge in [-0.2, -0.15) is 0 Å². The molecule has 0 spiro atoms. The molecule has 1 aromatic heterocycles. The smallest absolute Gasteiger partial charge is 0.169 e. The Labute approximate surface area is 253 Å². The van der Waals surface area contributed by atoms with Crippen molar-refractivity contribution >= 4 is 0 Å². The van der Waals surface area contributed by atoms with Crippen LogP contribution in [-0.2, 0) is 13.0 Å². The third kappa shape index (κ3) is 26.1. The zero-order valence-electron chi connectivity index (χ0n) is 27.9. The lowest BCUT2D eigenvalue weighted by Gasteiger charge is -2.04. The summed E-state index contributed by atoms with van der Waals surface area (Å²) >= 11 is 0. The van der Waals surface area contributed by atoms with E-state index in [1.54, 1.807) is 0 Å². The molecule has 0 aliphatic heterocycles. The lowest BCUT2D eigenvalue weighted by Crippen LogP contribution is -2.32. The second-order valence-electron chi connectivity index (χ2n) is 13.1. The number of rotatable bonds is 32. The summed E-state index contributed by atoms with van der Waals surface area (Å²) < 4.78 is 2.40. The Kier molecular flexibility index (Phi) is 28.9. The molecule has 1 aromatic rings. The van der Waals surface area contributed by atoms with Gasteiger partial charge < -0.3 is 0 Å². The summed E-state index contributed by atoms with van der Waals surface area (Å²) in [5.41, 5.74) is 1.53. The largest absolute Gasteiger partial charge is 0.205 e. The van der Waals surface area contributed by atoms with Crippen LogP contribution in [0.1, 0.15) is 212 Å². The Morgan fingerprint density at radius 3 is 0.950 bits per heavy atom. The Bertz CT molecular complexity index is 591. The van der Waals surface area contributed by atoms with Gasteiger partial charge in [0.1, 0.15) is 6.54 Å². The molecule has 1 heteroatoms. The normalized spacial score (nSPS) is 11.4. The van der Waals surface area contributed by atoms with Gasteiger partial charge in [-0.25, -0.2) is 4.57 Å². The van der Waals surface area contributed by atoms with Crippen molar-refractivity contribution in [1.82, 2.24) is 0 Å². The van der Waals surface area contributed by atoms with Crippen LogP contribution in [0.4, 0.5) is 0 Å². The fourth-order valence-corrected chi connectivity index (χ4v) is 6.17. The minimum Gasteiger partial charge on any atom is -0.205 e. The van der Waals surface area contributed by atoms with Crippen molar-refractivity contribution in [3.05, 3.63) is 30.1 Å². The predicted molar refractivity (Wildman–Crippen MR) is 180 cm³/mol. The number of pyridine rings is 1. The lowest BCUT2D eigenvalue weighted by atomic mass is 10.0. The zero-order chi connectivity index (χ0) is 28.6. The minimum absolute atomic E-state index is 1.19. The van der Waals surface area contributed by atoms with Gasteiger partial charge in [0.25, 0.3) is 0 Å². The standard InChI is InChI=1S/C39H74N/c1-3-5-7-9-11-13-15-17-18-19-20-21-23-25-27-29-31-33-39-34-37-40(38-35-39)36-32-30-28-26-24-22-16-14-12-10-8-6-4-2/h34-35,37-38H,3-33,36H2,1-2H3/q+1. The topological polar surface area (TPSA) is 3.88 Å². The first-order valence-corrected chi connectivity index (χ1v) is 18.8. The Hall–Kier alpha value is -0.850. The lowest BCUT2D eigenvalue weighted by molar-refractivity contribution is -0.697. The molecule has 0 saturated carbocycles. The first-order valence-electron chi connectivity index (χ1n) is 18.8. The van der Waals surface area contributed by atoms with Crippen LogP contribution in [0.2, 0.25) is 0 Å². The van der Waals surface area contributed by atoms with Crippen molar-refractivity contribution in [2.24, 2.45) is 0 Å². The van der Waals surface area contributed by atoms with E-state index in [1.807, 2.05) is 0 Å². The van der Waals surface area contributed by atoms with E-state index in [0.717, 1.165) is 0 Å². The van der Waals surface area contributed by atoms with Crippen molar-refractivity contribution in [2.75, 3.05) is 0 Å². The first kappa shape index (κ1) is 37.2. The number of nitrogens with zero attached hydrogens (tertiary/aromatic N) is 1. The van der Waals surface area contributed by atoms with Gasteiger partial charge in [0.15, 0.2) is 12.4 Å². The summed E-state index contributed by atoms with van der Waals surface area (Å²) in [5.74, 6) is 0. The van der Waals surface area contributed by atoms with Crippen molar-refractivity contribution in [3.63, 3.8) is 0 Å². The molecule has 0 bridgehead atoms. The van der Waals surface area contributed by atoms with Crippen LogP contribution in [0, 0.1) is 0 Å². The van der Waals surface area contributed by atoms with Crippen LogP contribution >= 0.6 is 0 Å². The molecule has 40 heavy (non-hydrogen) atoms. The summed E-state index contributed by atoms with van der Waals surface area (Å²) in [4.78, 5) is 0. The highest BCUT2D eigenvalue weighted by Gasteiger charge is 2.02. The van der Waals surface area contributed by atoms with Crippen LogP contribution in [-0.4, -0.2) is 0 Å². The summed E-state index contributed by atoms with van der Waals surface area (Å²) in [5, 5.41) is 0. The summed E-state index contributed by atoms with van der Waals surface area (Å²) in [6, 6.07) is 4.74. The summed E-state index contributed by atoms with van der Waals surface area (Å²) in [6.07, 6.45) is 49.2. The zero-order valence-corrected chi connectivity index (χ0v) is 27.9. The molecule has 0 saturated heterocycles. The van der Waals surface area contributed by atoms with E-state index in [9.17, 15) is 0 Å². The molecule has 1 heterocycles. The van der Waals surface area contributed by atoms with E-state index in [1.165, 1.54) is 211 Å². The van der Waals surface area contributed by atoms with Crippen LogP contribution in [0.5, 0.6) is 0 Å². The SMILES string of the molecule is CCCCCCCCCCCCCCCCCCCc1cc[n+](CCCCCCCCCCCCCCC)cc1. The molecule has 0 aromatic carbocycles. The van der Waals surface area contributed by atoms with E-state index in [2.05, 4.69) is 42.9 Å². The van der Waals surface area contributed by atoms with E-state index in [-0.39, 0.29) is 0 Å². The third-order valence-corrected chi connectivity index (χ3v) is 9.05. The van der Waals surface area contributed by atoms with Crippen LogP contribution in [0.15, 0.2) is 24.5 Å². The Morgan fingerprint density at radius 2 is 0.625 bits per heavy atom. The average Bonchev–Trinajstić information content (AvgIpc) is 2.98. The summed E-state index contributed by atoms with van der Waals surface area (Å²) in [6.45, 7) is 5.80. The summed E-state index contributed by atoms with van der Waals surface area (Å²) in [7, 11) is 0. The van der Waals surface area contributed by atoms with E-state index in [0.29, 0.717) is 0 Å².